The fourth-order valence-electron chi connectivity index (χ4n) is 1.54. The van der Waals surface area contributed by atoms with Gasteiger partial charge in [0.2, 0.25) is 0 Å². The third-order valence-corrected chi connectivity index (χ3v) is 4.97. The first-order valence-electron chi connectivity index (χ1n) is 8.83. The summed E-state index contributed by atoms with van der Waals surface area (Å²) in [5.41, 5.74) is -16.9. The van der Waals surface area contributed by atoms with Gasteiger partial charge >= 0.3 is 42.1 Å². The molecule has 1 unspecified atom stereocenters. The summed E-state index contributed by atoms with van der Waals surface area (Å²) in [5, 5.41) is 0. The molecule has 1 atom stereocenters. The van der Waals surface area contributed by atoms with E-state index in [1.165, 1.54) is 0 Å². The van der Waals surface area contributed by atoms with Crippen molar-refractivity contribution >= 4 is 41.9 Å². The third kappa shape index (κ3) is 30.6. The van der Waals surface area contributed by atoms with Crippen LogP contribution in [0, 0.1) is 5.92 Å². The molecule has 0 bridgehead atoms. The smallest absolute Gasteiger partial charge is 0.741 e. The number of alkyl halides is 9. The van der Waals surface area contributed by atoms with Gasteiger partial charge in [0.25, 0.3) is 7.11 Å². The van der Waals surface area contributed by atoms with Crippen molar-refractivity contribution in [3.05, 3.63) is 24.0 Å². The van der Waals surface area contributed by atoms with Gasteiger partial charge in [-0.25, -0.2) is 25.3 Å². The number of carbonyl (C=O) groups is 1. The molecule has 1 rings (SSSR count). The van der Waals surface area contributed by atoms with Crippen LogP contribution in [0.2, 0.25) is 0 Å². The van der Waals surface area contributed by atoms with Crippen LogP contribution in [0.15, 0.2) is 24.0 Å². The van der Waals surface area contributed by atoms with Gasteiger partial charge in [0, 0.05) is 18.4 Å². The van der Waals surface area contributed by atoms with Crippen LogP contribution in [-0.4, -0.2) is 81.2 Å². The second kappa shape index (κ2) is 25.3. The minimum atomic E-state index is -6.09. The molecule has 30 heteroatoms. The fraction of sp³-hybridized carbons (Fsp3) is 0.600. The van der Waals surface area contributed by atoms with Gasteiger partial charge in [-0.15, -0.1) is 0 Å². The number of hydrogen-bond donors (Lipinski definition) is 5. The van der Waals surface area contributed by atoms with Crippen LogP contribution in [0.5, 0.6) is 0 Å². The summed E-state index contributed by atoms with van der Waals surface area (Å²) in [4.78, 5) is 10.9. The van der Waals surface area contributed by atoms with E-state index in [2.05, 4.69) is 0 Å². The Hall–Kier alpha value is -1.84. The van der Waals surface area contributed by atoms with Gasteiger partial charge in [-0.1, -0.05) is 6.08 Å². The molecule has 45 heavy (non-hydrogen) atoms. The maximum atomic E-state index is 10.9. The van der Waals surface area contributed by atoms with Crippen LogP contribution in [-0.2, 0) is 64.1 Å². The number of ketones is 2. The van der Waals surface area contributed by atoms with Gasteiger partial charge in [0.05, 0.1) is 13.2 Å². The molecule has 0 aromatic rings. The topological polar surface area (TPSA) is 384 Å². The van der Waals surface area contributed by atoms with Crippen molar-refractivity contribution in [2.45, 2.75) is 36.3 Å². The van der Waals surface area contributed by atoms with Gasteiger partial charge in [0.15, 0.2) is 30.4 Å². The number of rotatable bonds is 4. The molecule has 0 radical (unpaired) electrons. The van der Waals surface area contributed by atoms with E-state index in [1.807, 2.05) is 18.2 Å². The molecule has 0 heterocycles. The molecule has 0 aliphatic heterocycles. The number of hydrogen-bond acceptors (Lipinski definition) is 16. The fourth-order valence-corrected chi connectivity index (χ4v) is 1.54. The summed E-state index contributed by atoms with van der Waals surface area (Å²) in [6.45, 7) is 1.61. The second-order valence-electron chi connectivity index (χ2n) is 6.26. The Balaban J connectivity index is -0.0000000549. The summed E-state index contributed by atoms with van der Waals surface area (Å²) in [5.74, 6) is 2.04. The Morgan fingerprint density at radius 2 is 1.04 bits per heavy atom. The Morgan fingerprint density at radius 1 is 0.778 bits per heavy atom. The molecule has 0 saturated heterocycles. The maximum absolute atomic E-state index is 10.9. The second-order valence-corrected chi connectivity index (χ2v) is 10.4. The number of ether oxygens (including phenoxy) is 1. The molecule has 15 N–H and O–H groups in total. The van der Waals surface area contributed by atoms with Crippen LogP contribution >= 0.6 is 0 Å². The average Bonchev–Trinajstić information content (AvgIpc) is 2.69. The van der Waals surface area contributed by atoms with Gasteiger partial charge in [-0.05, 0) is 13.3 Å². The monoisotopic (exact) mass is 933 g/mol. The molecule has 0 amide bonds. The first kappa shape index (κ1) is 65.7. The van der Waals surface area contributed by atoms with E-state index in [-0.39, 0.29) is 62.2 Å². The summed E-state index contributed by atoms with van der Waals surface area (Å²) in [6, 6.07) is 0. The molecular weight excluding hydrogens is 900 g/mol. The normalized spacial score (nSPS) is 15.0. The van der Waals surface area contributed by atoms with Crippen LogP contribution in [0.3, 0.4) is 0 Å². The van der Waals surface area contributed by atoms with E-state index in [1.54, 1.807) is 21.1 Å². The van der Waals surface area contributed by atoms with Crippen molar-refractivity contribution in [1.29, 1.82) is 0 Å². The van der Waals surface area contributed by atoms with Crippen LogP contribution in [0.4, 0.5) is 39.5 Å². The summed E-state index contributed by atoms with van der Waals surface area (Å²) in [7, 11) is -15.0. The standard InChI is InChI=1S/C12H17O3.3CHF3O3S.5H3N.Os/c1-9(13)4-5-10-6-7-11(14-2)8-12(10)15-3;3*2-1(3,4)8(5,6)7;;;;;;/h6-8,10H,4-5H2,1-3H3;3*(H,5,6,7);5*1H3;/q+1;;;;;;;;;+2/p-3. The van der Waals surface area contributed by atoms with E-state index in [0.29, 0.717) is 6.42 Å². The average molecular weight is 932 g/mol. The van der Waals surface area contributed by atoms with Gasteiger partial charge in [0.1, 0.15) is 11.5 Å². The Labute approximate surface area is 264 Å². The molecule has 1 aliphatic rings. The quantitative estimate of drug-likeness (QED) is 0.117. The SMILES string of the molecule is COC1=CC(=[O+]C)C=CC1CCC(C)=O.N.N.N.N.N.O=S(=O)([O-])C(F)(F)F.O=S(=O)([O-])C(F)(F)F.O=S(=O)([O-])C(F)(F)F.[Os+2]. The number of methoxy groups -OCH3 is 1. The predicted molar refractivity (Wildman–Crippen MR) is 131 cm³/mol. The van der Waals surface area contributed by atoms with Crippen LogP contribution in [0.25, 0.3) is 0 Å². The molecule has 278 valence electrons. The molecule has 17 nitrogen and oxygen atoms in total. The Bertz CT molecular complexity index is 1140. The predicted octanol–water partition coefficient (Wildman–Crippen LogP) is 2.77. The minimum absolute atomic E-state index is 0. The van der Waals surface area contributed by atoms with E-state index in [4.69, 9.17) is 48.1 Å². The van der Waals surface area contributed by atoms with Crippen LogP contribution in [0.1, 0.15) is 19.8 Å². The maximum Gasteiger partial charge on any atom is 2.00 e. The van der Waals surface area contributed by atoms with Gasteiger partial charge in [-0.2, -0.15) is 39.5 Å². The molecule has 0 aromatic carbocycles. The first-order valence-corrected chi connectivity index (χ1v) is 13.0. The van der Waals surface area contributed by atoms with E-state index < -0.39 is 46.9 Å². The molecule has 0 spiro atoms. The zero-order valence-electron chi connectivity index (χ0n) is 23.1. The third-order valence-electron chi connectivity index (χ3n) is 3.27. The van der Waals surface area contributed by atoms with Crippen molar-refractivity contribution in [2.75, 3.05) is 14.2 Å². The van der Waals surface area contributed by atoms with Crippen molar-refractivity contribution in [3.63, 3.8) is 0 Å². The summed E-state index contributed by atoms with van der Waals surface area (Å²) in [6.07, 6.45) is 7.17. The van der Waals surface area contributed by atoms with Gasteiger partial charge < -0.3 is 53.9 Å². The largest absolute Gasteiger partial charge is 2.00 e. The van der Waals surface area contributed by atoms with Crippen molar-refractivity contribution in [3.8, 4) is 0 Å². The zero-order chi connectivity index (χ0) is 32.3. The molecule has 0 saturated carbocycles. The van der Waals surface area contributed by atoms with E-state index in [9.17, 15) is 44.3 Å². The minimum Gasteiger partial charge on any atom is -0.741 e. The van der Waals surface area contributed by atoms with E-state index in [0.717, 1.165) is 18.0 Å². The molecule has 0 fully saturated rings. The first-order chi connectivity index (χ1) is 16.9. The molecule has 1 aliphatic carbocycles. The zero-order valence-corrected chi connectivity index (χ0v) is 28.1. The van der Waals surface area contributed by atoms with Gasteiger partial charge in [-0.3, -0.25) is 4.42 Å². The number of allylic oxidation sites excluding steroid dienone is 3. The number of carbonyl (C=O) groups excluding carboxylic acids is 2. The Morgan fingerprint density at radius 3 is 1.22 bits per heavy atom. The van der Waals surface area contributed by atoms with Crippen molar-refractivity contribution in [2.24, 2.45) is 5.92 Å². The van der Waals surface area contributed by atoms with E-state index >= 15 is 0 Å². The van der Waals surface area contributed by atoms with Crippen molar-refractivity contribution in [1.82, 2.24) is 30.8 Å². The van der Waals surface area contributed by atoms with Crippen molar-refractivity contribution < 1.29 is 112 Å². The Kier molecular flexibility index (Phi) is 36.9. The van der Waals surface area contributed by atoms with Crippen LogP contribution < -0.4 is 30.8 Å². The summed E-state index contributed by atoms with van der Waals surface area (Å²) >= 11 is 0. The number of halogens is 9. The molecule has 0 aromatic heterocycles. The number of Topliss-reactive ketones (excluding diaryl/α,β-unsaturated/α-hetero) is 1. The summed E-state index contributed by atoms with van der Waals surface area (Å²) < 4.78 is 187. The molecular formula is C15H32F9N5O12OsS3.